The molecule has 9 heteroatoms. The summed E-state index contributed by atoms with van der Waals surface area (Å²) in [5, 5.41) is 2.71. The van der Waals surface area contributed by atoms with Crippen molar-refractivity contribution in [2.45, 2.75) is 31.2 Å². The van der Waals surface area contributed by atoms with E-state index in [4.69, 9.17) is 14.2 Å². The van der Waals surface area contributed by atoms with Crippen LogP contribution in [0.2, 0.25) is 0 Å². The standard InChI is InChI=1S/C21H28N2O6S/c1-21(2,3)23-30(25,26)19-14-15(6-11-18(19)28-5)20(24)22-12-13-29-17-9-7-16(27-4)8-10-17/h6-11,14,23H,12-13H2,1-5H3,(H,22,24). The summed E-state index contributed by atoms with van der Waals surface area (Å²) in [6.07, 6.45) is 0. The molecule has 0 aromatic heterocycles. The van der Waals surface area contributed by atoms with Crippen LogP contribution in [0.15, 0.2) is 47.4 Å². The summed E-state index contributed by atoms with van der Waals surface area (Å²) < 4.78 is 43.8. The molecular formula is C21H28N2O6S. The first-order chi connectivity index (χ1) is 14.1. The highest BCUT2D eigenvalue weighted by Crippen LogP contribution is 2.26. The van der Waals surface area contributed by atoms with Crippen molar-refractivity contribution in [1.82, 2.24) is 10.0 Å². The Morgan fingerprint density at radius 2 is 1.60 bits per heavy atom. The molecule has 2 N–H and O–H groups in total. The maximum Gasteiger partial charge on any atom is 0.251 e. The topological polar surface area (TPSA) is 103 Å². The number of ether oxygens (including phenoxy) is 3. The molecule has 2 aromatic carbocycles. The van der Waals surface area contributed by atoms with Crippen molar-refractivity contribution in [2.75, 3.05) is 27.4 Å². The Morgan fingerprint density at radius 1 is 0.967 bits per heavy atom. The molecule has 0 fully saturated rings. The van der Waals surface area contributed by atoms with E-state index in [1.54, 1.807) is 52.1 Å². The number of methoxy groups -OCH3 is 2. The van der Waals surface area contributed by atoms with Gasteiger partial charge >= 0.3 is 0 Å². The van der Waals surface area contributed by atoms with Gasteiger partial charge in [0.2, 0.25) is 10.0 Å². The van der Waals surface area contributed by atoms with E-state index in [9.17, 15) is 13.2 Å². The highest BCUT2D eigenvalue weighted by molar-refractivity contribution is 7.89. The van der Waals surface area contributed by atoms with E-state index in [1.807, 2.05) is 0 Å². The van der Waals surface area contributed by atoms with Crippen molar-refractivity contribution < 1.29 is 27.4 Å². The minimum atomic E-state index is -3.87. The molecule has 0 radical (unpaired) electrons. The molecule has 8 nitrogen and oxygen atoms in total. The smallest absolute Gasteiger partial charge is 0.251 e. The van der Waals surface area contributed by atoms with Crippen molar-refractivity contribution in [2.24, 2.45) is 0 Å². The molecule has 0 aliphatic rings. The third-order valence-corrected chi connectivity index (χ3v) is 5.65. The fraction of sp³-hybridized carbons (Fsp3) is 0.381. The number of hydrogen-bond donors (Lipinski definition) is 2. The molecule has 0 bridgehead atoms. The van der Waals surface area contributed by atoms with Gasteiger partial charge in [-0.25, -0.2) is 13.1 Å². The third kappa shape index (κ3) is 6.64. The second-order valence-electron chi connectivity index (χ2n) is 7.50. The summed E-state index contributed by atoms with van der Waals surface area (Å²) in [5.74, 6) is 1.12. The average molecular weight is 437 g/mol. The number of carbonyl (C=O) groups is 1. The maximum absolute atomic E-state index is 12.7. The maximum atomic E-state index is 12.7. The lowest BCUT2D eigenvalue weighted by Crippen LogP contribution is -2.40. The Bertz CT molecular complexity index is 966. The lowest BCUT2D eigenvalue weighted by molar-refractivity contribution is 0.0946. The van der Waals surface area contributed by atoms with Crippen LogP contribution in [0.4, 0.5) is 0 Å². The van der Waals surface area contributed by atoms with Crippen LogP contribution in [0, 0.1) is 0 Å². The minimum Gasteiger partial charge on any atom is -0.497 e. The predicted octanol–water partition coefficient (Wildman–Crippen LogP) is 2.59. The Hall–Kier alpha value is -2.78. The van der Waals surface area contributed by atoms with Gasteiger partial charge in [-0.15, -0.1) is 0 Å². The molecule has 2 aromatic rings. The molecule has 0 heterocycles. The summed E-state index contributed by atoms with van der Waals surface area (Å²) in [7, 11) is -0.913. The molecule has 0 aliphatic carbocycles. The van der Waals surface area contributed by atoms with Gasteiger partial charge in [0.15, 0.2) is 0 Å². The summed E-state index contributed by atoms with van der Waals surface area (Å²) in [5.41, 5.74) is -0.476. The molecular weight excluding hydrogens is 408 g/mol. The number of sulfonamides is 1. The van der Waals surface area contributed by atoms with E-state index < -0.39 is 21.5 Å². The quantitative estimate of drug-likeness (QED) is 0.586. The van der Waals surface area contributed by atoms with E-state index in [1.165, 1.54) is 25.3 Å². The molecule has 30 heavy (non-hydrogen) atoms. The Kier molecular flexibility index (Phi) is 7.69. The van der Waals surface area contributed by atoms with Gasteiger partial charge in [-0.2, -0.15) is 0 Å². The van der Waals surface area contributed by atoms with Crippen LogP contribution in [0.1, 0.15) is 31.1 Å². The zero-order valence-electron chi connectivity index (χ0n) is 17.8. The van der Waals surface area contributed by atoms with E-state index in [0.717, 1.165) is 5.75 Å². The third-order valence-electron chi connectivity index (χ3n) is 3.87. The van der Waals surface area contributed by atoms with Gasteiger partial charge in [-0.05, 0) is 63.2 Å². The van der Waals surface area contributed by atoms with Gasteiger partial charge < -0.3 is 19.5 Å². The van der Waals surface area contributed by atoms with Crippen LogP contribution < -0.4 is 24.2 Å². The zero-order valence-corrected chi connectivity index (χ0v) is 18.6. The number of rotatable bonds is 9. The predicted molar refractivity (Wildman–Crippen MR) is 114 cm³/mol. The SMILES string of the molecule is COc1ccc(OCCNC(=O)c2ccc(OC)c(S(=O)(=O)NC(C)(C)C)c2)cc1. The molecule has 2 rings (SSSR count). The number of benzene rings is 2. The van der Waals surface area contributed by atoms with Crippen LogP contribution >= 0.6 is 0 Å². The first-order valence-corrected chi connectivity index (χ1v) is 10.8. The van der Waals surface area contributed by atoms with E-state index in [-0.39, 0.29) is 29.4 Å². The summed E-state index contributed by atoms with van der Waals surface area (Å²) in [4.78, 5) is 12.4. The van der Waals surface area contributed by atoms with E-state index >= 15 is 0 Å². The second-order valence-corrected chi connectivity index (χ2v) is 9.15. The molecule has 0 atom stereocenters. The summed E-state index contributed by atoms with van der Waals surface area (Å²) >= 11 is 0. The number of carbonyl (C=O) groups excluding carboxylic acids is 1. The van der Waals surface area contributed by atoms with E-state index in [0.29, 0.717) is 5.75 Å². The summed E-state index contributed by atoms with van der Waals surface area (Å²) in [6, 6.07) is 11.4. The van der Waals surface area contributed by atoms with Crippen LogP contribution in [0.3, 0.4) is 0 Å². The lowest BCUT2D eigenvalue weighted by atomic mass is 10.1. The molecule has 0 spiro atoms. The average Bonchev–Trinajstić information content (AvgIpc) is 2.69. The van der Waals surface area contributed by atoms with Gasteiger partial charge in [-0.1, -0.05) is 0 Å². The fourth-order valence-electron chi connectivity index (χ4n) is 2.59. The highest BCUT2D eigenvalue weighted by atomic mass is 32.2. The summed E-state index contributed by atoms with van der Waals surface area (Å²) in [6.45, 7) is 5.70. The molecule has 0 saturated heterocycles. The van der Waals surface area contributed by atoms with Crippen LogP contribution in [0.5, 0.6) is 17.2 Å². The number of nitrogens with one attached hydrogen (secondary N) is 2. The normalized spacial score (nSPS) is 11.6. The van der Waals surface area contributed by atoms with Gasteiger partial charge in [0.25, 0.3) is 5.91 Å². The van der Waals surface area contributed by atoms with Crippen molar-refractivity contribution in [1.29, 1.82) is 0 Å². The van der Waals surface area contributed by atoms with Gasteiger partial charge in [-0.3, -0.25) is 4.79 Å². The second kappa shape index (κ2) is 9.82. The van der Waals surface area contributed by atoms with Crippen molar-refractivity contribution in [3.8, 4) is 17.2 Å². The first-order valence-electron chi connectivity index (χ1n) is 9.33. The van der Waals surface area contributed by atoms with Crippen LogP contribution in [0.25, 0.3) is 0 Å². The molecule has 164 valence electrons. The molecule has 0 aliphatic heterocycles. The van der Waals surface area contributed by atoms with Crippen molar-refractivity contribution in [3.63, 3.8) is 0 Å². The molecule has 1 amide bonds. The van der Waals surface area contributed by atoms with Crippen molar-refractivity contribution in [3.05, 3.63) is 48.0 Å². The number of amides is 1. The zero-order chi connectivity index (χ0) is 22.4. The monoisotopic (exact) mass is 436 g/mol. The molecule has 0 saturated carbocycles. The molecule has 0 unspecified atom stereocenters. The lowest BCUT2D eigenvalue weighted by Gasteiger charge is -2.21. The fourth-order valence-corrected chi connectivity index (χ4v) is 4.21. The minimum absolute atomic E-state index is 0.0953. The Balaban J connectivity index is 2.03. The van der Waals surface area contributed by atoms with Gasteiger partial charge in [0.05, 0.1) is 20.8 Å². The van der Waals surface area contributed by atoms with Gasteiger partial charge in [0, 0.05) is 11.1 Å². The largest absolute Gasteiger partial charge is 0.497 e. The van der Waals surface area contributed by atoms with Crippen molar-refractivity contribution >= 4 is 15.9 Å². The highest BCUT2D eigenvalue weighted by Gasteiger charge is 2.26. The van der Waals surface area contributed by atoms with Crippen LogP contribution in [-0.2, 0) is 10.0 Å². The Morgan fingerprint density at radius 3 is 2.17 bits per heavy atom. The first kappa shape index (κ1) is 23.5. The van der Waals surface area contributed by atoms with Crippen LogP contribution in [-0.4, -0.2) is 47.2 Å². The number of hydrogen-bond acceptors (Lipinski definition) is 6. The Labute approximate surface area is 177 Å². The van der Waals surface area contributed by atoms with Gasteiger partial charge in [0.1, 0.15) is 28.8 Å². The van der Waals surface area contributed by atoms with E-state index in [2.05, 4.69) is 10.0 Å².